The van der Waals surface area contributed by atoms with E-state index in [-0.39, 0.29) is 0 Å². The Morgan fingerprint density at radius 2 is 2.39 bits per heavy atom. The van der Waals surface area contributed by atoms with Gasteiger partial charge in [0.25, 0.3) is 0 Å². The van der Waals surface area contributed by atoms with Gasteiger partial charge in [-0.15, -0.1) is 0 Å². The molecule has 1 saturated heterocycles. The normalized spacial score (nSPS) is 19.8. The molecule has 3 rings (SSSR count). The number of fused-ring (bicyclic) bond motifs is 1. The highest BCUT2D eigenvalue weighted by atomic mass is 16.5. The molecule has 1 N–H and O–H groups in total. The number of aromatic nitrogens is 2. The molecule has 1 aromatic carbocycles. The van der Waals surface area contributed by atoms with Gasteiger partial charge < -0.3 is 14.6 Å². The summed E-state index contributed by atoms with van der Waals surface area (Å²) in [4.78, 5) is 4.56. The summed E-state index contributed by atoms with van der Waals surface area (Å²) in [6.45, 7) is 4.65. The van der Waals surface area contributed by atoms with Crippen molar-refractivity contribution in [2.24, 2.45) is 7.05 Å². The molecule has 96 valence electrons. The van der Waals surface area contributed by atoms with Gasteiger partial charge in [0.1, 0.15) is 5.82 Å². The lowest BCUT2D eigenvalue weighted by atomic mass is 10.2. The first-order valence-corrected chi connectivity index (χ1v) is 6.47. The van der Waals surface area contributed by atoms with Crippen molar-refractivity contribution in [2.45, 2.75) is 25.9 Å². The molecule has 2 heterocycles. The van der Waals surface area contributed by atoms with E-state index in [1.807, 2.05) is 6.92 Å². The second kappa shape index (κ2) is 4.71. The van der Waals surface area contributed by atoms with Crippen molar-refractivity contribution >= 4 is 11.0 Å². The van der Waals surface area contributed by atoms with E-state index in [1.54, 1.807) is 0 Å². The third-order valence-corrected chi connectivity index (χ3v) is 3.69. The second-order valence-corrected chi connectivity index (χ2v) is 4.98. The molecule has 1 atom stereocenters. The molecule has 4 nitrogen and oxygen atoms in total. The lowest BCUT2D eigenvalue weighted by molar-refractivity contribution is 0.190. The summed E-state index contributed by atoms with van der Waals surface area (Å²) in [7, 11) is 2.05. The van der Waals surface area contributed by atoms with Crippen LogP contribution in [-0.4, -0.2) is 28.8 Å². The molecule has 0 aliphatic carbocycles. The van der Waals surface area contributed by atoms with Crippen LogP contribution >= 0.6 is 0 Å². The predicted octanol–water partition coefficient (Wildman–Crippen LogP) is 1.76. The second-order valence-electron chi connectivity index (χ2n) is 4.98. The molecule has 1 aliphatic rings. The van der Waals surface area contributed by atoms with Crippen LogP contribution in [0.2, 0.25) is 0 Å². The minimum Gasteiger partial charge on any atom is -0.380 e. The minimum atomic E-state index is 0.506. The Morgan fingerprint density at radius 1 is 1.50 bits per heavy atom. The van der Waals surface area contributed by atoms with Crippen molar-refractivity contribution in [2.75, 3.05) is 13.2 Å². The lowest BCUT2D eigenvalue weighted by Gasteiger charge is -2.10. The van der Waals surface area contributed by atoms with E-state index in [9.17, 15) is 0 Å². The SMILES string of the molecule is Cc1nc2cc(CN[C@H]3CCOC3)ccc2n1C. The summed E-state index contributed by atoms with van der Waals surface area (Å²) in [6.07, 6.45) is 1.12. The van der Waals surface area contributed by atoms with E-state index >= 15 is 0 Å². The molecule has 0 saturated carbocycles. The highest BCUT2D eigenvalue weighted by Gasteiger charge is 2.14. The maximum absolute atomic E-state index is 5.36. The van der Waals surface area contributed by atoms with Crippen molar-refractivity contribution < 1.29 is 4.74 Å². The summed E-state index contributed by atoms with van der Waals surface area (Å²) in [5.41, 5.74) is 3.56. The Balaban J connectivity index is 1.76. The fourth-order valence-electron chi connectivity index (χ4n) is 2.43. The van der Waals surface area contributed by atoms with E-state index in [0.29, 0.717) is 6.04 Å². The number of hydrogen-bond acceptors (Lipinski definition) is 3. The number of hydrogen-bond donors (Lipinski definition) is 1. The van der Waals surface area contributed by atoms with Gasteiger partial charge in [0.15, 0.2) is 0 Å². The summed E-state index contributed by atoms with van der Waals surface area (Å²) in [5, 5.41) is 3.52. The van der Waals surface area contributed by atoms with Gasteiger partial charge in [-0.05, 0) is 31.0 Å². The van der Waals surface area contributed by atoms with E-state index in [1.165, 1.54) is 11.1 Å². The molecule has 1 aromatic heterocycles. The average molecular weight is 245 g/mol. The van der Waals surface area contributed by atoms with Crippen molar-refractivity contribution in [3.8, 4) is 0 Å². The van der Waals surface area contributed by atoms with Gasteiger partial charge in [0.2, 0.25) is 0 Å². The van der Waals surface area contributed by atoms with E-state index in [0.717, 1.165) is 37.5 Å². The Bertz CT molecular complexity index is 555. The third kappa shape index (κ3) is 2.13. The van der Waals surface area contributed by atoms with Crippen LogP contribution in [0.4, 0.5) is 0 Å². The number of nitrogens with one attached hydrogen (secondary N) is 1. The number of benzene rings is 1. The van der Waals surface area contributed by atoms with Crippen LogP contribution in [0.3, 0.4) is 0 Å². The maximum atomic E-state index is 5.36. The van der Waals surface area contributed by atoms with Crippen LogP contribution in [0.25, 0.3) is 11.0 Å². The Labute approximate surface area is 107 Å². The molecule has 18 heavy (non-hydrogen) atoms. The van der Waals surface area contributed by atoms with Gasteiger partial charge in [0, 0.05) is 26.2 Å². The molecule has 0 amide bonds. The maximum Gasteiger partial charge on any atom is 0.106 e. The molecule has 0 spiro atoms. The van der Waals surface area contributed by atoms with Crippen molar-refractivity contribution in [1.29, 1.82) is 0 Å². The fraction of sp³-hybridized carbons (Fsp3) is 0.500. The van der Waals surface area contributed by atoms with E-state index in [2.05, 4.69) is 40.1 Å². The van der Waals surface area contributed by atoms with Crippen LogP contribution in [0.5, 0.6) is 0 Å². The summed E-state index contributed by atoms with van der Waals surface area (Å²) in [5.74, 6) is 1.05. The number of imidazole rings is 1. The molecule has 4 heteroatoms. The Kier molecular flexibility index (Phi) is 3.06. The Hall–Kier alpha value is -1.39. The summed E-state index contributed by atoms with van der Waals surface area (Å²) in [6, 6.07) is 7.00. The van der Waals surface area contributed by atoms with E-state index in [4.69, 9.17) is 4.74 Å². The van der Waals surface area contributed by atoms with Gasteiger partial charge in [-0.1, -0.05) is 6.07 Å². The fourth-order valence-corrected chi connectivity index (χ4v) is 2.43. The molecule has 1 fully saturated rings. The lowest BCUT2D eigenvalue weighted by Crippen LogP contribution is -2.28. The average Bonchev–Trinajstić information content (AvgIpc) is 2.97. The number of aryl methyl sites for hydroxylation is 2. The zero-order valence-corrected chi connectivity index (χ0v) is 10.9. The number of ether oxygens (including phenoxy) is 1. The molecular weight excluding hydrogens is 226 g/mol. The first-order chi connectivity index (χ1) is 8.74. The highest BCUT2D eigenvalue weighted by Crippen LogP contribution is 2.16. The van der Waals surface area contributed by atoms with Crippen LogP contribution in [-0.2, 0) is 18.3 Å². The zero-order chi connectivity index (χ0) is 12.5. The summed E-state index contributed by atoms with van der Waals surface area (Å²) >= 11 is 0. The first-order valence-electron chi connectivity index (χ1n) is 6.47. The minimum absolute atomic E-state index is 0.506. The third-order valence-electron chi connectivity index (χ3n) is 3.69. The van der Waals surface area contributed by atoms with Crippen molar-refractivity contribution in [3.63, 3.8) is 0 Å². The molecule has 0 radical (unpaired) electrons. The monoisotopic (exact) mass is 245 g/mol. The molecule has 1 aliphatic heterocycles. The van der Waals surface area contributed by atoms with Crippen LogP contribution in [0.1, 0.15) is 17.8 Å². The summed E-state index contributed by atoms with van der Waals surface area (Å²) < 4.78 is 7.48. The standard InChI is InChI=1S/C14H19N3O/c1-10-16-13-7-11(3-4-14(13)17(10)2)8-15-12-5-6-18-9-12/h3-4,7,12,15H,5-6,8-9H2,1-2H3/t12-/m0/s1. The molecular formula is C14H19N3O. The molecule has 0 unspecified atom stereocenters. The van der Waals surface area contributed by atoms with Crippen LogP contribution in [0, 0.1) is 6.92 Å². The van der Waals surface area contributed by atoms with Gasteiger partial charge in [0.05, 0.1) is 17.6 Å². The topological polar surface area (TPSA) is 39.1 Å². The van der Waals surface area contributed by atoms with Gasteiger partial charge in [-0.3, -0.25) is 0 Å². The number of nitrogens with zero attached hydrogens (tertiary/aromatic N) is 2. The smallest absolute Gasteiger partial charge is 0.106 e. The van der Waals surface area contributed by atoms with Gasteiger partial charge >= 0.3 is 0 Å². The largest absolute Gasteiger partial charge is 0.380 e. The zero-order valence-electron chi connectivity index (χ0n) is 10.9. The number of rotatable bonds is 3. The van der Waals surface area contributed by atoms with Crippen LogP contribution < -0.4 is 5.32 Å². The quantitative estimate of drug-likeness (QED) is 0.895. The van der Waals surface area contributed by atoms with Crippen molar-refractivity contribution in [1.82, 2.24) is 14.9 Å². The van der Waals surface area contributed by atoms with Crippen LogP contribution in [0.15, 0.2) is 18.2 Å². The predicted molar refractivity (Wildman–Crippen MR) is 71.5 cm³/mol. The van der Waals surface area contributed by atoms with Gasteiger partial charge in [-0.2, -0.15) is 0 Å². The first kappa shape index (κ1) is 11.7. The Morgan fingerprint density at radius 3 is 3.17 bits per heavy atom. The van der Waals surface area contributed by atoms with E-state index < -0.39 is 0 Å². The molecule has 2 aromatic rings. The van der Waals surface area contributed by atoms with Gasteiger partial charge in [-0.25, -0.2) is 4.98 Å². The highest BCUT2D eigenvalue weighted by molar-refractivity contribution is 5.76. The van der Waals surface area contributed by atoms with Crippen molar-refractivity contribution in [3.05, 3.63) is 29.6 Å². The molecule has 0 bridgehead atoms.